The second-order valence-corrected chi connectivity index (χ2v) is 7.53. The molecule has 3 rings (SSSR count). The van der Waals surface area contributed by atoms with Gasteiger partial charge in [0.25, 0.3) is 5.91 Å². The summed E-state index contributed by atoms with van der Waals surface area (Å²) in [6.07, 6.45) is 3.62. The lowest BCUT2D eigenvalue weighted by atomic mass is 10.3. The van der Waals surface area contributed by atoms with Crippen molar-refractivity contribution in [2.24, 2.45) is 0 Å². The number of hydrogen-bond acceptors (Lipinski definition) is 4. The van der Waals surface area contributed by atoms with Gasteiger partial charge in [-0.1, -0.05) is 39.9 Å². The maximum atomic E-state index is 12.3. The lowest BCUT2D eigenvalue weighted by molar-refractivity contribution is -0.140. The van der Waals surface area contributed by atoms with Gasteiger partial charge in [0.15, 0.2) is 0 Å². The number of amides is 1. The molecule has 0 bridgehead atoms. The fourth-order valence-corrected chi connectivity index (χ4v) is 3.76. The van der Waals surface area contributed by atoms with Gasteiger partial charge in [0, 0.05) is 22.1 Å². The molecular formula is C16H11BrN2O3S2. The summed E-state index contributed by atoms with van der Waals surface area (Å²) >= 11 is 9.62. The van der Waals surface area contributed by atoms with Crippen molar-refractivity contribution in [3.63, 3.8) is 0 Å². The maximum absolute atomic E-state index is 12.3. The average Bonchev–Trinajstić information content (AvgIpc) is 3.09. The predicted molar refractivity (Wildman–Crippen MR) is 101 cm³/mol. The van der Waals surface area contributed by atoms with Gasteiger partial charge in [-0.3, -0.25) is 14.5 Å². The predicted octanol–water partition coefficient (Wildman–Crippen LogP) is 3.53. The minimum Gasteiger partial charge on any atom is -0.480 e. The smallest absolute Gasteiger partial charge is 0.323 e. The number of rotatable bonds is 4. The number of halogens is 1. The van der Waals surface area contributed by atoms with Crippen molar-refractivity contribution in [1.82, 2.24) is 9.47 Å². The Morgan fingerprint density at radius 1 is 1.29 bits per heavy atom. The van der Waals surface area contributed by atoms with Crippen molar-refractivity contribution in [2.45, 2.75) is 0 Å². The largest absolute Gasteiger partial charge is 0.480 e. The van der Waals surface area contributed by atoms with Crippen molar-refractivity contribution in [3.05, 3.63) is 57.7 Å². The molecule has 1 amide bonds. The first-order chi connectivity index (χ1) is 11.5. The van der Waals surface area contributed by atoms with Gasteiger partial charge in [-0.2, -0.15) is 0 Å². The van der Waals surface area contributed by atoms with Crippen molar-refractivity contribution < 1.29 is 14.7 Å². The lowest BCUT2D eigenvalue weighted by Crippen LogP contribution is -2.33. The highest BCUT2D eigenvalue weighted by Gasteiger charge is 2.33. The molecule has 24 heavy (non-hydrogen) atoms. The summed E-state index contributed by atoms with van der Waals surface area (Å²) in [6, 6.07) is 11.5. The summed E-state index contributed by atoms with van der Waals surface area (Å²) in [6.45, 7) is -0.421. The van der Waals surface area contributed by atoms with Crippen LogP contribution >= 0.6 is 39.9 Å². The highest BCUT2D eigenvalue weighted by atomic mass is 79.9. The molecule has 0 spiro atoms. The molecule has 1 saturated heterocycles. The highest BCUT2D eigenvalue weighted by Crippen LogP contribution is 2.32. The Bertz CT molecular complexity index is 858. The molecule has 0 radical (unpaired) electrons. The molecule has 2 heterocycles. The van der Waals surface area contributed by atoms with Crippen LogP contribution in [0, 0.1) is 0 Å². The number of aliphatic carboxylic acids is 1. The first-order valence-electron chi connectivity index (χ1n) is 6.86. The van der Waals surface area contributed by atoms with Crippen LogP contribution in [0.25, 0.3) is 11.8 Å². The molecular weight excluding hydrogens is 412 g/mol. The number of aromatic nitrogens is 1. The number of hydrogen-bond donors (Lipinski definition) is 1. The molecule has 8 heteroatoms. The molecule has 122 valence electrons. The van der Waals surface area contributed by atoms with E-state index in [1.165, 1.54) is 0 Å². The van der Waals surface area contributed by atoms with Crippen molar-refractivity contribution in [2.75, 3.05) is 6.54 Å². The van der Waals surface area contributed by atoms with E-state index in [0.29, 0.717) is 4.91 Å². The van der Waals surface area contributed by atoms with Crippen LogP contribution in [0.2, 0.25) is 0 Å². The van der Waals surface area contributed by atoms with E-state index in [9.17, 15) is 9.59 Å². The average molecular weight is 423 g/mol. The van der Waals surface area contributed by atoms with Gasteiger partial charge in [-0.25, -0.2) is 0 Å². The van der Waals surface area contributed by atoms with Crippen LogP contribution in [0.3, 0.4) is 0 Å². The Kier molecular flexibility index (Phi) is 4.88. The number of carbonyl (C=O) groups excluding carboxylic acids is 1. The Balaban J connectivity index is 1.92. The molecule has 1 aromatic carbocycles. The SMILES string of the molecule is O=C(O)CN1C(=O)C(=Cc2cccn2-c2ccc(Br)cc2)SC1=S. The van der Waals surface area contributed by atoms with Crippen molar-refractivity contribution in [3.8, 4) is 5.69 Å². The molecule has 1 aromatic heterocycles. The van der Waals surface area contributed by atoms with Crippen LogP contribution < -0.4 is 0 Å². The minimum absolute atomic E-state index is 0.260. The minimum atomic E-state index is -1.09. The molecule has 0 saturated carbocycles. The third kappa shape index (κ3) is 3.45. The zero-order chi connectivity index (χ0) is 17.3. The Morgan fingerprint density at radius 3 is 2.67 bits per heavy atom. The number of benzene rings is 1. The molecule has 2 aromatic rings. The van der Waals surface area contributed by atoms with Gasteiger partial charge >= 0.3 is 5.97 Å². The third-order valence-electron chi connectivity index (χ3n) is 3.33. The summed E-state index contributed by atoms with van der Waals surface area (Å²) < 4.78 is 3.18. The monoisotopic (exact) mass is 422 g/mol. The molecule has 1 aliphatic rings. The second kappa shape index (κ2) is 6.92. The highest BCUT2D eigenvalue weighted by molar-refractivity contribution is 9.10. The number of thioether (sulfide) groups is 1. The number of nitrogens with zero attached hydrogens (tertiary/aromatic N) is 2. The maximum Gasteiger partial charge on any atom is 0.323 e. The first kappa shape index (κ1) is 16.9. The van der Waals surface area contributed by atoms with E-state index in [-0.39, 0.29) is 10.2 Å². The Hall–Kier alpha value is -1.90. The normalized spacial score (nSPS) is 16.2. The topological polar surface area (TPSA) is 62.5 Å². The molecule has 0 atom stereocenters. The zero-order valence-electron chi connectivity index (χ0n) is 12.2. The van der Waals surface area contributed by atoms with Gasteiger partial charge in [-0.15, -0.1) is 0 Å². The first-order valence-corrected chi connectivity index (χ1v) is 8.88. The van der Waals surface area contributed by atoms with Gasteiger partial charge in [0.05, 0.1) is 4.91 Å². The van der Waals surface area contributed by atoms with Crippen LogP contribution in [-0.4, -0.2) is 37.3 Å². The standard InChI is InChI=1S/C16H11BrN2O3S2/c17-10-3-5-11(6-4-10)18-7-1-2-12(18)8-13-15(22)19(9-14(20)21)16(23)24-13/h1-8H,9H2,(H,20,21). The number of carbonyl (C=O) groups is 2. The molecule has 1 aliphatic heterocycles. The van der Waals surface area contributed by atoms with E-state index >= 15 is 0 Å². The van der Waals surface area contributed by atoms with Crippen LogP contribution in [-0.2, 0) is 9.59 Å². The lowest BCUT2D eigenvalue weighted by Gasteiger charge is -2.10. The van der Waals surface area contributed by atoms with E-state index in [2.05, 4.69) is 15.9 Å². The van der Waals surface area contributed by atoms with E-state index < -0.39 is 12.5 Å². The fraction of sp³-hybridized carbons (Fsp3) is 0.0625. The van der Waals surface area contributed by atoms with Crippen LogP contribution in [0.15, 0.2) is 52.0 Å². The summed E-state index contributed by atoms with van der Waals surface area (Å²) in [4.78, 5) is 24.7. The number of thiocarbonyl (C=S) groups is 1. The molecule has 1 N–H and O–H groups in total. The zero-order valence-corrected chi connectivity index (χ0v) is 15.4. The van der Waals surface area contributed by atoms with Gasteiger partial charge in [0.1, 0.15) is 10.9 Å². The summed E-state index contributed by atoms with van der Waals surface area (Å²) in [5.41, 5.74) is 1.77. The number of carboxylic acid groups (broad SMARTS) is 1. The van der Waals surface area contributed by atoms with E-state index in [0.717, 1.165) is 32.5 Å². The van der Waals surface area contributed by atoms with E-state index in [4.69, 9.17) is 17.3 Å². The van der Waals surface area contributed by atoms with Crippen LogP contribution in [0.1, 0.15) is 5.69 Å². The van der Waals surface area contributed by atoms with Crippen molar-refractivity contribution in [1.29, 1.82) is 0 Å². The quantitative estimate of drug-likeness (QED) is 0.602. The molecule has 0 aliphatic carbocycles. The Morgan fingerprint density at radius 2 is 2.00 bits per heavy atom. The third-order valence-corrected chi connectivity index (χ3v) is 5.24. The second-order valence-electron chi connectivity index (χ2n) is 4.94. The van der Waals surface area contributed by atoms with Crippen molar-refractivity contribution >= 4 is 62.2 Å². The Labute approximate surface area is 156 Å². The fourth-order valence-electron chi connectivity index (χ4n) is 2.25. The van der Waals surface area contributed by atoms with E-state index in [1.54, 1.807) is 6.08 Å². The van der Waals surface area contributed by atoms with Gasteiger partial charge in [0.2, 0.25) is 0 Å². The molecule has 0 unspecified atom stereocenters. The molecule has 1 fully saturated rings. The van der Waals surface area contributed by atoms with Gasteiger partial charge < -0.3 is 9.67 Å². The van der Waals surface area contributed by atoms with E-state index in [1.807, 2.05) is 47.2 Å². The summed E-state index contributed by atoms with van der Waals surface area (Å²) in [5.74, 6) is -1.47. The molecule has 5 nitrogen and oxygen atoms in total. The van der Waals surface area contributed by atoms with Gasteiger partial charge in [-0.05, 0) is 42.5 Å². The van der Waals surface area contributed by atoms with Crippen LogP contribution in [0.4, 0.5) is 0 Å². The number of carboxylic acids is 1. The summed E-state index contributed by atoms with van der Waals surface area (Å²) in [5, 5.41) is 8.88. The summed E-state index contributed by atoms with van der Waals surface area (Å²) in [7, 11) is 0. The van der Waals surface area contributed by atoms with Crippen LogP contribution in [0.5, 0.6) is 0 Å².